The molecule has 3 aromatic carbocycles. The molecule has 0 aliphatic rings. The van der Waals surface area contributed by atoms with Gasteiger partial charge in [0.1, 0.15) is 11.6 Å². The molecule has 31 heavy (non-hydrogen) atoms. The highest BCUT2D eigenvalue weighted by Crippen LogP contribution is 2.21. The fraction of sp³-hybridized carbons (Fsp3) is 0.0800. The highest BCUT2D eigenvalue weighted by atomic mass is 19.1. The van der Waals surface area contributed by atoms with Crippen LogP contribution in [0.1, 0.15) is 21.5 Å². The molecular weight excluding hydrogens is 391 g/mol. The van der Waals surface area contributed by atoms with Crippen molar-refractivity contribution < 1.29 is 9.18 Å². The van der Waals surface area contributed by atoms with Crippen molar-refractivity contribution in [2.45, 2.75) is 13.8 Å². The lowest BCUT2D eigenvalue weighted by Gasteiger charge is -2.10. The summed E-state index contributed by atoms with van der Waals surface area (Å²) in [6.45, 7) is 3.99. The Morgan fingerprint density at radius 2 is 1.61 bits per heavy atom. The lowest BCUT2D eigenvalue weighted by molar-refractivity contribution is 0.102. The molecule has 0 atom stereocenters. The van der Waals surface area contributed by atoms with Crippen LogP contribution in [0.15, 0.2) is 79.0 Å². The van der Waals surface area contributed by atoms with E-state index in [0.717, 1.165) is 22.5 Å². The van der Waals surface area contributed by atoms with Crippen molar-refractivity contribution in [3.05, 3.63) is 102 Å². The summed E-state index contributed by atoms with van der Waals surface area (Å²) in [6, 6.07) is 20.8. The predicted octanol–water partition coefficient (Wildman–Crippen LogP) is 5.90. The van der Waals surface area contributed by atoms with Crippen molar-refractivity contribution in [3.63, 3.8) is 0 Å². The molecular formula is C25H21FN4O. The van der Waals surface area contributed by atoms with Crippen molar-refractivity contribution in [2.24, 2.45) is 0 Å². The fourth-order valence-electron chi connectivity index (χ4n) is 3.30. The molecule has 0 saturated carbocycles. The number of benzene rings is 3. The topological polar surface area (TPSA) is 66.9 Å². The molecule has 154 valence electrons. The first-order chi connectivity index (χ1) is 15.0. The van der Waals surface area contributed by atoms with E-state index in [9.17, 15) is 9.18 Å². The normalized spacial score (nSPS) is 10.5. The van der Waals surface area contributed by atoms with Crippen LogP contribution >= 0.6 is 0 Å². The van der Waals surface area contributed by atoms with Crippen LogP contribution in [0, 0.1) is 19.7 Å². The number of aryl methyl sites for hydroxylation is 2. The van der Waals surface area contributed by atoms with E-state index in [0.29, 0.717) is 22.8 Å². The lowest BCUT2D eigenvalue weighted by Crippen LogP contribution is -2.12. The van der Waals surface area contributed by atoms with Gasteiger partial charge in [-0.15, -0.1) is 0 Å². The Morgan fingerprint density at radius 1 is 0.871 bits per heavy atom. The minimum Gasteiger partial charge on any atom is -0.340 e. The van der Waals surface area contributed by atoms with Crippen molar-refractivity contribution in [1.82, 2.24) is 9.97 Å². The number of rotatable bonds is 5. The highest BCUT2D eigenvalue weighted by molar-refractivity contribution is 6.05. The van der Waals surface area contributed by atoms with Gasteiger partial charge in [-0.3, -0.25) is 4.79 Å². The number of hydrogen-bond acceptors (Lipinski definition) is 4. The zero-order valence-corrected chi connectivity index (χ0v) is 17.2. The number of aromatic nitrogens is 2. The third kappa shape index (κ3) is 5.11. The minimum absolute atomic E-state index is 0.191. The molecule has 4 rings (SSSR count). The SMILES string of the molecule is Cc1cc(C)cc(NC(=O)c2cccc(Nc3ccnc(-c4ccc(F)cc4)n3)c2)c1. The Bertz CT molecular complexity index is 1220. The molecule has 4 aromatic rings. The Morgan fingerprint density at radius 3 is 2.35 bits per heavy atom. The second kappa shape index (κ2) is 8.75. The molecule has 0 fully saturated rings. The van der Waals surface area contributed by atoms with Crippen molar-refractivity contribution >= 4 is 23.1 Å². The number of carbonyl (C=O) groups is 1. The number of carbonyl (C=O) groups excluding carboxylic acids is 1. The number of amides is 1. The molecule has 5 nitrogen and oxygen atoms in total. The zero-order valence-electron chi connectivity index (χ0n) is 17.2. The van der Waals surface area contributed by atoms with E-state index < -0.39 is 0 Å². The maximum absolute atomic E-state index is 13.2. The van der Waals surface area contributed by atoms with E-state index in [2.05, 4.69) is 26.7 Å². The first-order valence-corrected chi connectivity index (χ1v) is 9.82. The van der Waals surface area contributed by atoms with Crippen LogP contribution in [0.3, 0.4) is 0 Å². The van der Waals surface area contributed by atoms with Crippen LogP contribution in [-0.4, -0.2) is 15.9 Å². The number of halogens is 1. The van der Waals surface area contributed by atoms with Gasteiger partial charge in [0.25, 0.3) is 5.91 Å². The van der Waals surface area contributed by atoms with Crippen LogP contribution < -0.4 is 10.6 Å². The van der Waals surface area contributed by atoms with E-state index >= 15 is 0 Å². The maximum atomic E-state index is 13.2. The minimum atomic E-state index is -0.311. The summed E-state index contributed by atoms with van der Waals surface area (Å²) in [7, 11) is 0. The van der Waals surface area contributed by atoms with Crippen LogP contribution in [0.2, 0.25) is 0 Å². The van der Waals surface area contributed by atoms with Gasteiger partial charge in [0.05, 0.1) is 0 Å². The van der Waals surface area contributed by atoms with Crippen molar-refractivity contribution in [2.75, 3.05) is 10.6 Å². The molecule has 0 bridgehead atoms. The summed E-state index contributed by atoms with van der Waals surface area (Å²) in [5, 5.41) is 6.14. The van der Waals surface area contributed by atoms with Gasteiger partial charge in [-0.2, -0.15) is 0 Å². The zero-order chi connectivity index (χ0) is 21.8. The second-order valence-electron chi connectivity index (χ2n) is 7.31. The number of nitrogens with zero attached hydrogens (tertiary/aromatic N) is 2. The van der Waals surface area contributed by atoms with Crippen LogP contribution in [0.5, 0.6) is 0 Å². The van der Waals surface area contributed by atoms with Crippen molar-refractivity contribution in [1.29, 1.82) is 0 Å². The van der Waals surface area contributed by atoms with Crippen LogP contribution in [0.25, 0.3) is 11.4 Å². The molecule has 0 aliphatic heterocycles. The Labute approximate surface area is 180 Å². The van der Waals surface area contributed by atoms with Gasteiger partial charge >= 0.3 is 0 Å². The molecule has 0 unspecified atom stereocenters. The molecule has 1 heterocycles. The van der Waals surface area contributed by atoms with Gasteiger partial charge in [0.15, 0.2) is 5.82 Å². The molecule has 0 saturated heterocycles. The largest absolute Gasteiger partial charge is 0.340 e. The van der Waals surface area contributed by atoms with Gasteiger partial charge in [0, 0.05) is 28.7 Å². The average molecular weight is 412 g/mol. The Balaban J connectivity index is 1.51. The van der Waals surface area contributed by atoms with Gasteiger partial charge in [0.2, 0.25) is 0 Å². The maximum Gasteiger partial charge on any atom is 0.255 e. The first kappa shape index (κ1) is 20.2. The number of hydrogen-bond donors (Lipinski definition) is 2. The fourth-order valence-corrected chi connectivity index (χ4v) is 3.30. The number of nitrogens with one attached hydrogen (secondary N) is 2. The summed E-state index contributed by atoms with van der Waals surface area (Å²) < 4.78 is 13.2. The predicted molar refractivity (Wildman–Crippen MR) is 121 cm³/mol. The Kier molecular flexibility index (Phi) is 5.71. The summed E-state index contributed by atoms with van der Waals surface area (Å²) in [5.74, 6) is 0.548. The van der Waals surface area contributed by atoms with Gasteiger partial charge < -0.3 is 10.6 Å². The van der Waals surface area contributed by atoms with Gasteiger partial charge in [-0.1, -0.05) is 12.1 Å². The summed E-state index contributed by atoms with van der Waals surface area (Å²) in [6.07, 6.45) is 1.63. The smallest absolute Gasteiger partial charge is 0.255 e. The van der Waals surface area contributed by atoms with Crippen LogP contribution in [0.4, 0.5) is 21.6 Å². The third-order valence-corrected chi connectivity index (χ3v) is 4.63. The molecule has 1 amide bonds. The highest BCUT2D eigenvalue weighted by Gasteiger charge is 2.09. The van der Waals surface area contributed by atoms with Gasteiger partial charge in [-0.05, 0) is 85.6 Å². The van der Waals surface area contributed by atoms with Gasteiger partial charge in [-0.25, -0.2) is 14.4 Å². The molecule has 0 aliphatic carbocycles. The van der Waals surface area contributed by atoms with E-state index in [1.165, 1.54) is 12.1 Å². The van der Waals surface area contributed by atoms with E-state index in [4.69, 9.17) is 0 Å². The van der Waals surface area contributed by atoms with Crippen molar-refractivity contribution in [3.8, 4) is 11.4 Å². The lowest BCUT2D eigenvalue weighted by atomic mass is 10.1. The monoisotopic (exact) mass is 412 g/mol. The quantitative estimate of drug-likeness (QED) is 0.429. The standard InChI is InChI=1S/C25H21FN4O/c1-16-12-17(2)14-22(13-16)29-25(31)19-4-3-5-21(15-19)28-23-10-11-27-24(30-23)18-6-8-20(26)9-7-18/h3-15H,1-2H3,(H,29,31)(H,27,28,30). The molecule has 1 aromatic heterocycles. The molecule has 6 heteroatoms. The number of anilines is 3. The van der Waals surface area contributed by atoms with E-state index in [1.807, 2.05) is 32.0 Å². The second-order valence-corrected chi connectivity index (χ2v) is 7.31. The Hall–Kier alpha value is -4.06. The average Bonchev–Trinajstić information content (AvgIpc) is 2.74. The summed E-state index contributed by atoms with van der Waals surface area (Å²) in [4.78, 5) is 21.4. The first-order valence-electron chi connectivity index (χ1n) is 9.82. The van der Waals surface area contributed by atoms with E-state index in [-0.39, 0.29) is 11.7 Å². The molecule has 2 N–H and O–H groups in total. The molecule has 0 radical (unpaired) electrons. The summed E-state index contributed by atoms with van der Waals surface area (Å²) >= 11 is 0. The molecule has 0 spiro atoms. The third-order valence-electron chi connectivity index (χ3n) is 4.63. The van der Waals surface area contributed by atoms with Crippen LogP contribution in [-0.2, 0) is 0 Å². The van der Waals surface area contributed by atoms with E-state index in [1.54, 1.807) is 42.6 Å². The summed E-state index contributed by atoms with van der Waals surface area (Å²) in [5.41, 5.74) is 4.90.